The number of thiophene rings is 1. The molecule has 2 rings (SSSR count). The largest absolute Gasteiger partial charge is 0.440 e. The van der Waals surface area contributed by atoms with Gasteiger partial charge in [0.2, 0.25) is 0 Å². The topological polar surface area (TPSA) is 53.7 Å². The third-order valence-electron chi connectivity index (χ3n) is 2.49. The number of halogens is 1. The van der Waals surface area contributed by atoms with Gasteiger partial charge in [-0.15, -0.1) is 11.3 Å². The van der Waals surface area contributed by atoms with Crippen LogP contribution in [0.15, 0.2) is 28.0 Å². The molecule has 0 atom stereocenters. The maximum absolute atomic E-state index is 12.1. The van der Waals surface area contributed by atoms with Crippen LogP contribution in [0.4, 0.5) is 0 Å². The van der Waals surface area contributed by atoms with E-state index in [-0.39, 0.29) is 23.5 Å². The number of furan rings is 1. The number of hydrogen-bond acceptors (Lipinski definition) is 4. The highest BCUT2D eigenvalue weighted by molar-refractivity contribution is 7.10. The van der Waals surface area contributed by atoms with Crippen LogP contribution >= 0.6 is 22.9 Å². The molecule has 0 spiro atoms. The second kappa shape index (κ2) is 6.62. The van der Waals surface area contributed by atoms with Crippen LogP contribution in [-0.2, 0) is 6.54 Å². The molecule has 0 fully saturated rings. The maximum atomic E-state index is 12.1. The van der Waals surface area contributed by atoms with Gasteiger partial charge in [0.15, 0.2) is 11.0 Å². The van der Waals surface area contributed by atoms with Crippen LogP contribution in [0.25, 0.3) is 0 Å². The molecule has 0 aliphatic carbocycles. The fourth-order valence-corrected chi connectivity index (χ4v) is 2.53. The normalized spacial score (nSPS) is 9.95. The lowest BCUT2D eigenvalue weighted by Crippen LogP contribution is -2.25. The van der Waals surface area contributed by atoms with Crippen molar-refractivity contribution < 1.29 is 14.3 Å². The fourth-order valence-electron chi connectivity index (χ4n) is 1.61. The summed E-state index contributed by atoms with van der Waals surface area (Å²) in [5, 5.41) is 10.8. The molecule has 6 heteroatoms. The summed E-state index contributed by atoms with van der Waals surface area (Å²) in [7, 11) is 1.69. The third kappa shape index (κ3) is 3.64. The first-order valence-corrected chi connectivity index (χ1v) is 7.04. The smallest absolute Gasteiger partial charge is 0.289 e. The Labute approximate surface area is 125 Å². The summed E-state index contributed by atoms with van der Waals surface area (Å²) in [6, 6.07) is 4.98. The van der Waals surface area contributed by atoms with E-state index in [1.165, 1.54) is 17.4 Å². The molecule has 20 heavy (non-hydrogen) atoms. The van der Waals surface area contributed by atoms with Gasteiger partial charge in [0.1, 0.15) is 6.61 Å². The number of nitrogens with zero attached hydrogens (tertiary/aromatic N) is 1. The number of rotatable bonds is 3. The van der Waals surface area contributed by atoms with Crippen molar-refractivity contribution in [1.29, 1.82) is 0 Å². The fraction of sp³-hybridized carbons (Fsp3) is 0.214. The number of hydrogen-bond donors (Lipinski definition) is 1. The van der Waals surface area contributed by atoms with Crippen LogP contribution in [-0.4, -0.2) is 29.6 Å². The van der Waals surface area contributed by atoms with E-state index in [0.717, 1.165) is 10.4 Å². The van der Waals surface area contributed by atoms with Crippen molar-refractivity contribution in [2.75, 3.05) is 13.7 Å². The van der Waals surface area contributed by atoms with Crippen molar-refractivity contribution in [3.8, 4) is 11.8 Å². The Balaban J connectivity index is 2.02. The van der Waals surface area contributed by atoms with Gasteiger partial charge in [-0.2, -0.15) is 0 Å². The molecule has 4 nitrogen and oxygen atoms in total. The number of amides is 1. The van der Waals surface area contributed by atoms with E-state index >= 15 is 0 Å². The van der Waals surface area contributed by atoms with Crippen molar-refractivity contribution in [3.63, 3.8) is 0 Å². The molecule has 0 radical (unpaired) electrons. The van der Waals surface area contributed by atoms with Crippen LogP contribution in [0.3, 0.4) is 0 Å². The molecular formula is C14H12ClNO3S. The maximum Gasteiger partial charge on any atom is 0.289 e. The highest BCUT2D eigenvalue weighted by Crippen LogP contribution is 2.18. The molecule has 0 saturated carbocycles. The second-order valence-electron chi connectivity index (χ2n) is 4.04. The lowest BCUT2D eigenvalue weighted by atomic mass is 10.3. The van der Waals surface area contributed by atoms with Crippen molar-refractivity contribution in [1.82, 2.24) is 4.90 Å². The molecule has 0 aromatic carbocycles. The summed E-state index contributed by atoms with van der Waals surface area (Å²) in [4.78, 5) is 14.5. The Morgan fingerprint density at radius 2 is 2.35 bits per heavy atom. The van der Waals surface area contributed by atoms with Gasteiger partial charge in [0.05, 0.1) is 4.88 Å². The van der Waals surface area contributed by atoms with Gasteiger partial charge in [-0.05, 0) is 40.7 Å². The van der Waals surface area contributed by atoms with Crippen LogP contribution < -0.4 is 0 Å². The van der Waals surface area contributed by atoms with Gasteiger partial charge in [-0.3, -0.25) is 4.79 Å². The molecule has 1 amide bonds. The van der Waals surface area contributed by atoms with Gasteiger partial charge >= 0.3 is 0 Å². The highest BCUT2D eigenvalue weighted by Gasteiger charge is 2.16. The van der Waals surface area contributed by atoms with Crippen LogP contribution in [0.5, 0.6) is 0 Å². The Morgan fingerprint density at radius 1 is 1.55 bits per heavy atom. The Hall–Kier alpha value is -1.74. The summed E-state index contributed by atoms with van der Waals surface area (Å²) in [6.07, 6.45) is 0. The molecule has 0 saturated heterocycles. The Morgan fingerprint density at radius 3 is 3.00 bits per heavy atom. The minimum atomic E-state index is -0.230. The average molecular weight is 310 g/mol. The highest BCUT2D eigenvalue weighted by atomic mass is 35.5. The summed E-state index contributed by atoms with van der Waals surface area (Å²) in [6.45, 7) is 0.291. The summed E-state index contributed by atoms with van der Waals surface area (Å²) < 4.78 is 5.09. The molecule has 1 N–H and O–H groups in total. The molecule has 2 aromatic rings. The van der Waals surface area contributed by atoms with E-state index in [0.29, 0.717) is 6.54 Å². The quantitative estimate of drug-likeness (QED) is 0.887. The van der Waals surface area contributed by atoms with Crippen molar-refractivity contribution in [2.24, 2.45) is 0 Å². The standard InChI is InChI=1S/C14H12ClNO3S/c1-16(14(18)12-4-5-13(15)19-12)8-10-7-11(20-9-10)3-2-6-17/h4-5,7,9,17H,6,8H2,1H3. The zero-order valence-corrected chi connectivity index (χ0v) is 12.3. The molecule has 104 valence electrons. The van der Waals surface area contributed by atoms with Gasteiger partial charge in [0.25, 0.3) is 5.91 Å². The minimum Gasteiger partial charge on any atom is -0.440 e. The van der Waals surface area contributed by atoms with E-state index in [4.69, 9.17) is 21.1 Å². The first-order valence-electron chi connectivity index (χ1n) is 5.78. The number of aliphatic hydroxyl groups excluding tert-OH is 1. The lowest BCUT2D eigenvalue weighted by Gasteiger charge is -2.14. The van der Waals surface area contributed by atoms with E-state index in [9.17, 15) is 4.79 Å². The summed E-state index contributed by atoms with van der Waals surface area (Å²) in [5.41, 5.74) is 0.978. The van der Waals surface area contributed by atoms with E-state index in [1.54, 1.807) is 18.0 Å². The lowest BCUT2D eigenvalue weighted by molar-refractivity contribution is 0.0753. The Kier molecular flexibility index (Phi) is 4.85. The summed E-state index contributed by atoms with van der Waals surface area (Å²) >= 11 is 7.13. The van der Waals surface area contributed by atoms with Crippen molar-refractivity contribution >= 4 is 28.8 Å². The monoisotopic (exact) mass is 309 g/mol. The SMILES string of the molecule is CN(Cc1csc(C#CCO)c1)C(=O)c1ccc(Cl)o1. The van der Waals surface area contributed by atoms with Crippen LogP contribution in [0.2, 0.25) is 5.22 Å². The van der Waals surface area contributed by atoms with Crippen molar-refractivity contribution in [2.45, 2.75) is 6.54 Å². The third-order valence-corrected chi connectivity index (χ3v) is 3.59. The number of carbonyl (C=O) groups excluding carboxylic acids is 1. The second-order valence-corrected chi connectivity index (χ2v) is 5.33. The molecule has 0 unspecified atom stereocenters. The van der Waals surface area contributed by atoms with Crippen LogP contribution in [0.1, 0.15) is 21.0 Å². The first kappa shape index (κ1) is 14.7. The number of aliphatic hydroxyl groups is 1. The van der Waals surface area contributed by atoms with Crippen molar-refractivity contribution in [3.05, 3.63) is 45.0 Å². The zero-order valence-electron chi connectivity index (χ0n) is 10.7. The zero-order chi connectivity index (χ0) is 14.5. The van der Waals surface area contributed by atoms with E-state index in [2.05, 4.69) is 11.8 Å². The van der Waals surface area contributed by atoms with E-state index < -0.39 is 0 Å². The minimum absolute atomic E-state index is 0.162. The molecule has 0 aliphatic heterocycles. The number of carbonyl (C=O) groups is 1. The molecule has 2 aromatic heterocycles. The molecule has 0 bridgehead atoms. The van der Waals surface area contributed by atoms with Crippen LogP contribution in [0, 0.1) is 11.8 Å². The molecule has 2 heterocycles. The Bertz CT molecular complexity index is 665. The van der Waals surface area contributed by atoms with Gasteiger partial charge in [0, 0.05) is 13.6 Å². The first-order chi connectivity index (χ1) is 9.60. The molecular weight excluding hydrogens is 298 g/mol. The predicted octanol–water partition coefficient (Wildman–Crippen LogP) is 2.61. The van der Waals surface area contributed by atoms with Gasteiger partial charge < -0.3 is 14.4 Å². The average Bonchev–Trinajstić information content (AvgIpc) is 3.04. The van der Waals surface area contributed by atoms with Gasteiger partial charge in [-0.1, -0.05) is 11.8 Å². The van der Waals surface area contributed by atoms with Gasteiger partial charge in [-0.25, -0.2) is 0 Å². The molecule has 0 aliphatic rings. The van der Waals surface area contributed by atoms with E-state index in [1.807, 2.05) is 11.4 Å². The predicted molar refractivity (Wildman–Crippen MR) is 77.8 cm³/mol. The summed E-state index contributed by atoms with van der Waals surface area (Å²) in [5.74, 6) is 5.40.